The third-order valence-corrected chi connectivity index (χ3v) is 6.03. The Balaban J connectivity index is 2.30. The van der Waals surface area contributed by atoms with Crippen molar-refractivity contribution in [1.82, 2.24) is 4.31 Å². The molecule has 6 heteroatoms. The summed E-state index contributed by atoms with van der Waals surface area (Å²) in [6, 6.07) is 4.07. The van der Waals surface area contributed by atoms with Crippen LogP contribution in [0.25, 0.3) is 0 Å². The van der Waals surface area contributed by atoms with E-state index in [1.165, 1.54) is 16.4 Å². The van der Waals surface area contributed by atoms with Crippen LogP contribution < -0.4 is 0 Å². The number of benzene rings is 1. The first-order chi connectivity index (χ1) is 9.48. The Morgan fingerprint density at radius 1 is 1.45 bits per heavy atom. The van der Waals surface area contributed by atoms with Gasteiger partial charge in [0.15, 0.2) is 0 Å². The molecule has 112 valence electrons. The molecule has 3 nitrogen and oxygen atoms in total. The predicted molar refractivity (Wildman–Crippen MR) is 77.7 cm³/mol. The van der Waals surface area contributed by atoms with E-state index in [4.69, 9.17) is 11.6 Å². The molecule has 0 bridgehead atoms. The third kappa shape index (κ3) is 3.15. The molecule has 0 aliphatic carbocycles. The largest absolute Gasteiger partial charge is 0.245 e. The molecular formula is C14H19ClFNO2S. The van der Waals surface area contributed by atoms with E-state index in [1.54, 1.807) is 6.07 Å². The van der Waals surface area contributed by atoms with Crippen LogP contribution >= 0.6 is 11.6 Å². The van der Waals surface area contributed by atoms with Crippen LogP contribution in [0.15, 0.2) is 23.1 Å². The summed E-state index contributed by atoms with van der Waals surface area (Å²) in [6.45, 7) is 3.00. The summed E-state index contributed by atoms with van der Waals surface area (Å²) in [5.74, 6) is -0.190. The molecule has 0 amide bonds. The molecule has 1 aromatic rings. The molecule has 20 heavy (non-hydrogen) atoms. The molecule has 1 fully saturated rings. The van der Waals surface area contributed by atoms with Crippen LogP contribution in [0.1, 0.15) is 31.7 Å². The molecule has 0 saturated carbocycles. The number of sulfonamides is 1. The van der Waals surface area contributed by atoms with Gasteiger partial charge in [0.2, 0.25) is 10.0 Å². The minimum absolute atomic E-state index is 0.166. The van der Waals surface area contributed by atoms with Crippen molar-refractivity contribution in [2.45, 2.75) is 37.0 Å². The van der Waals surface area contributed by atoms with Crippen molar-refractivity contribution in [1.29, 1.82) is 0 Å². The van der Waals surface area contributed by atoms with E-state index in [0.717, 1.165) is 19.3 Å². The highest BCUT2D eigenvalue weighted by Gasteiger charge is 2.31. The first-order valence-electron chi connectivity index (χ1n) is 6.83. The standard InChI is InChI=1S/C14H19ClFNO2S/c1-2-11-4-3-7-17(10-11)20(18,19)14-6-5-12(9-15)8-13(14)16/h5-6,8,11H,2-4,7,9-10H2,1H3. The van der Waals surface area contributed by atoms with Crippen molar-refractivity contribution in [3.8, 4) is 0 Å². The van der Waals surface area contributed by atoms with Crippen molar-refractivity contribution in [3.05, 3.63) is 29.6 Å². The number of halogens is 2. The number of piperidine rings is 1. The first kappa shape index (κ1) is 15.7. The van der Waals surface area contributed by atoms with Crippen molar-refractivity contribution in [2.24, 2.45) is 5.92 Å². The van der Waals surface area contributed by atoms with Gasteiger partial charge in [0.05, 0.1) is 0 Å². The van der Waals surface area contributed by atoms with Crippen LogP contribution in [-0.4, -0.2) is 25.8 Å². The number of alkyl halides is 1. The van der Waals surface area contributed by atoms with Gasteiger partial charge in [-0.05, 0) is 36.5 Å². The Labute approximate surface area is 124 Å². The van der Waals surface area contributed by atoms with Gasteiger partial charge in [0.25, 0.3) is 0 Å². The smallest absolute Gasteiger partial charge is 0.207 e. The van der Waals surface area contributed by atoms with Crippen molar-refractivity contribution >= 4 is 21.6 Å². The maximum absolute atomic E-state index is 14.0. The van der Waals surface area contributed by atoms with Crippen molar-refractivity contribution < 1.29 is 12.8 Å². The van der Waals surface area contributed by atoms with Crippen LogP contribution in [0.5, 0.6) is 0 Å². The van der Waals surface area contributed by atoms with E-state index < -0.39 is 15.8 Å². The second-order valence-corrected chi connectivity index (χ2v) is 7.35. The lowest BCUT2D eigenvalue weighted by molar-refractivity contribution is 0.261. The quantitative estimate of drug-likeness (QED) is 0.798. The summed E-state index contributed by atoms with van der Waals surface area (Å²) >= 11 is 5.63. The summed E-state index contributed by atoms with van der Waals surface area (Å²) in [5.41, 5.74) is 0.577. The third-order valence-electron chi connectivity index (χ3n) is 3.83. The molecule has 0 spiro atoms. The number of hydrogen-bond donors (Lipinski definition) is 0. The Kier molecular flexibility index (Phi) is 5.04. The van der Waals surface area contributed by atoms with Gasteiger partial charge in [-0.2, -0.15) is 4.31 Å². The molecule has 0 radical (unpaired) electrons. The molecule has 0 N–H and O–H groups in total. The predicted octanol–water partition coefficient (Wildman–Crippen LogP) is 3.38. The van der Waals surface area contributed by atoms with E-state index >= 15 is 0 Å². The molecular weight excluding hydrogens is 301 g/mol. The highest BCUT2D eigenvalue weighted by molar-refractivity contribution is 7.89. The second-order valence-electron chi connectivity index (χ2n) is 5.18. The molecule has 1 unspecified atom stereocenters. The van der Waals surface area contributed by atoms with E-state index in [2.05, 4.69) is 6.92 Å². The molecule has 1 aromatic carbocycles. The summed E-state index contributed by atoms with van der Waals surface area (Å²) in [5, 5.41) is 0. The molecule has 0 aromatic heterocycles. The summed E-state index contributed by atoms with van der Waals surface area (Å²) in [7, 11) is -3.75. The minimum Gasteiger partial charge on any atom is -0.207 e. The first-order valence-corrected chi connectivity index (χ1v) is 8.81. The summed E-state index contributed by atoms with van der Waals surface area (Å²) in [4.78, 5) is -0.247. The second kappa shape index (κ2) is 6.41. The van der Waals surface area contributed by atoms with E-state index in [9.17, 15) is 12.8 Å². The highest BCUT2D eigenvalue weighted by atomic mass is 35.5. The van der Waals surface area contributed by atoms with Crippen LogP contribution in [0.3, 0.4) is 0 Å². The van der Waals surface area contributed by atoms with Gasteiger partial charge in [-0.1, -0.05) is 19.4 Å². The van der Waals surface area contributed by atoms with E-state index in [0.29, 0.717) is 24.6 Å². The molecule has 1 atom stereocenters. The van der Waals surface area contributed by atoms with E-state index in [1.807, 2.05) is 0 Å². The topological polar surface area (TPSA) is 37.4 Å². The number of rotatable bonds is 4. The average Bonchev–Trinajstić information content (AvgIpc) is 2.46. The Bertz CT molecular complexity index is 577. The zero-order valence-electron chi connectivity index (χ0n) is 11.5. The molecule has 1 saturated heterocycles. The van der Waals surface area contributed by atoms with Gasteiger partial charge >= 0.3 is 0 Å². The fraction of sp³-hybridized carbons (Fsp3) is 0.571. The van der Waals surface area contributed by atoms with Crippen LogP contribution in [0, 0.1) is 11.7 Å². The fourth-order valence-electron chi connectivity index (χ4n) is 2.55. The van der Waals surface area contributed by atoms with Crippen LogP contribution in [0.4, 0.5) is 4.39 Å². The lowest BCUT2D eigenvalue weighted by Gasteiger charge is -2.31. The average molecular weight is 320 g/mol. The highest BCUT2D eigenvalue weighted by Crippen LogP contribution is 2.27. The van der Waals surface area contributed by atoms with Gasteiger partial charge in [-0.3, -0.25) is 0 Å². The summed E-state index contributed by atoms with van der Waals surface area (Å²) in [6.07, 6.45) is 2.81. The van der Waals surface area contributed by atoms with Crippen LogP contribution in [-0.2, 0) is 15.9 Å². The Morgan fingerprint density at radius 3 is 2.80 bits per heavy atom. The number of hydrogen-bond acceptors (Lipinski definition) is 2. The molecule has 1 heterocycles. The molecule has 1 aliphatic rings. The molecule has 2 rings (SSSR count). The number of nitrogens with zero attached hydrogens (tertiary/aromatic N) is 1. The van der Waals surface area contributed by atoms with Gasteiger partial charge in [-0.15, -0.1) is 11.6 Å². The Morgan fingerprint density at radius 2 is 2.20 bits per heavy atom. The normalized spacial score (nSPS) is 21.1. The monoisotopic (exact) mass is 319 g/mol. The van der Waals surface area contributed by atoms with Gasteiger partial charge < -0.3 is 0 Å². The molecule has 1 aliphatic heterocycles. The maximum Gasteiger partial charge on any atom is 0.245 e. The van der Waals surface area contributed by atoms with Gasteiger partial charge in [0.1, 0.15) is 10.7 Å². The lowest BCUT2D eigenvalue weighted by Crippen LogP contribution is -2.40. The van der Waals surface area contributed by atoms with Gasteiger partial charge in [0, 0.05) is 19.0 Å². The Hall–Kier alpha value is -0.650. The fourth-order valence-corrected chi connectivity index (χ4v) is 4.32. The minimum atomic E-state index is -3.75. The van der Waals surface area contributed by atoms with Crippen molar-refractivity contribution in [2.75, 3.05) is 13.1 Å². The lowest BCUT2D eigenvalue weighted by atomic mass is 9.97. The van der Waals surface area contributed by atoms with Gasteiger partial charge in [-0.25, -0.2) is 12.8 Å². The van der Waals surface area contributed by atoms with Crippen LogP contribution in [0.2, 0.25) is 0 Å². The zero-order chi connectivity index (χ0) is 14.8. The van der Waals surface area contributed by atoms with E-state index in [-0.39, 0.29) is 10.8 Å². The summed E-state index contributed by atoms with van der Waals surface area (Å²) < 4.78 is 40.5. The maximum atomic E-state index is 14.0. The van der Waals surface area contributed by atoms with Crippen molar-refractivity contribution in [3.63, 3.8) is 0 Å². The SMILES string of the molecule is CCC1CCCN(S(=O)(=O)c2ccc(CCl)cc2F)C1. The zero-order valence-corrected chi connectivity index (χ0v) is 13.1.